The Morgan fingerprint density at radius 1 is 1.12 bits per heavy atom. The number of rotatable bonds is 3. The topological polar surface area (TPSA) is 43.0 Å². The zero-order valence-corrected chi connectivity index (χ0v) is 14.7. The van der Waals surface area contributed by atoms with Crippen LogP contribution in [0.2, 0.25) is 0 Å². The van der Waals surface area contributed by atoms with Crippen molar-refractivity contribution in [2.24, 2.45) is 0 Å². The third kappa shape index (κ3) is 2.22. The highest BCUT2D eigenvalue weighted by atomic mass is 16.5. The third-order valence-electron chi connectivity index (χ3n) is 5.89. The third-order valence-corrected chi connectivity index (χ3v) is 5.89. The Balaban J connectivity index is 1.79. The number of nitrogens with one attached hydrogen (secondary N) is 1. The lowest BCUT2D eigenvalue weighted by Crippen LogP contribution is -2.46. The number of hydrogen-bond acceptors (Lipinski definition) is 5. The largest absolute Gasteiger partial charge is 0.493 e. The van der Waals surface area contributed by atoms with Gasteiger partial charge in [0.2, 0.25) is 0 Å². The average molecular weight is 330 g/mol. The summed E-state index contributed by atoms with van der Waals surface area (Å²) >= 11 is 0. The fraction of sp³-hybridized carbons (Fsp3) is 0.579. The van der Waals surface area contributed by atoms with E-state index >= 15 is 0 Å². The van der Waals surface area contributed by atoms with Crippen molar-refractivity contribution in [3.63, 3.8) is 0 Å². The number of nitrogens with zero attached hydrogens (tertiary/aromatic N) is 1. The van der Waals surface area contributed by atoms with Crippen LogP contribution in [0.15, 0.2) is 30.0 Å². The van der Waals surface area contributed by atoms with Crippen molar-refractivity contribution in [3.05, 3.63) is 35.5 Å². The second-order valence-corrected chi connectivity index (χ2v) is 7.02. The van der Waals surface area contributed by atoms with Gasteiger partial charge in [0, 0.05) is 31.2 Å². The normalized spacial score (nSPS) is 32.0. The van der Waals surface area contributed by atoms with Crippen LogP contribution in [0.3, 0.4) is 0 Å². The van der Waals surface area contributed by atoms with E-state index < -0.39 is 0 Å². The molecule has 0 saturated carbocycles. The molecule has 24 heavy (non-hydrogen) atoms. The molecular formula is C19H26N2O3. The minimum atomic E-state index is -0.270. The van der Waals surface area contributed by atoms with Gasteiger partial charge in [-0.25, -0.2) is 0 Å². The Morgan fingerprint density at radius 2 is 1.96 bits per heavy atom. The molecule has 1 unspecified atom stereocenters. The summed E-state index contributed by atoms with van der Waals surface area (Å²) in [5, 5.41) is 3.54. The molecule has 0 aromatic heterocycles. The molecule has 4 rings (SSSR count). The lowest BCUT2D eigenvalue weighted by molar-refractivity contribution is 0.0107. The fourth-order valence-corrected chi connectivity index (χ4v) is 4.54. The maximum Gasteiger partial charge on any atom is 0.161 e. The molecule has 0 radical (unpaired) electrons. The molecule has 5 nitrogen and oxygen atoms in total. The standard InChI is InChI=1S/C19H26N2O3/c1-21-10-8-18(14-4-5-15(22-2)16(12-14)23-3)6-7-19(13-17(18)21)20-9-11-24-19/h4-5,12-13,20H,6-11H2,1-3H3/t18-,19?/m0/s1. The van der Waals surface area contributed by atoms with Gasteiger partial charge in [0.15, 0.2) is 11.5 Å². The summed E-state index contributed by atoms with van der Waals surface area (Å²) in [4.78, 5) is 2.38. The first-order chi connectivity index (χ1) is 11.6. The molecule has 2 saturated heterocycles. The van der Waals surface area contributed by atoms with Gasteiger partial charge in [-0.15, -0.1) is 0 Å². The predicted molar refractivity (Wildman–Crippen MR) is 92.5 cm³/mol. The second-order valence-electron chi connectivity index (χ2n) is 7.02. The predicted octanol–water partition coefficient (Wildman–Crippen LogP) is 2.27. The first-order valence-electron chi connectivity index (χ1n) is 8.68. The number of benzene rings is 1. The molecule has 1 aromatic rings. The Morgan fingerprint density at radius 3 is 2.67 bits per heavy atom. The van der Waals surface area contributed by atoms with Crippen LogP contribution in [0.25, 0.3) is 0 Å². The van der Waals surface area contributed by atoms with Gasteiger partial charge in [0.05, 0.1) is 20.8 Å². The summed E-state index contributed by atoms with van der Waals surface area (Å²) < 4.78 is 17.0. The van der Waals surface area contributed by atoms with Crippen molar-refractivity contribution >= 4 is 0 Å². The molecule has 0 bridgehead atoms. The fourth-order valence-electron chi connectivity index (χ4n) is 4.54. The van der Waals surface area contributed by atoms with Crippen molar-refractivity contribution in [2.75, 3.05) is 41.0 Å². The lowest BCUT2D eigenvalue weighted by atomic mass is 9.69. The molecule has 5 heteroatoms. The van der Waals surface area contributed by atoms with Crippen LogP contribution in [0, 0.1) is 0 Å². The number of allylic oxidation sites excluding steroid dienone is 1. The second kappa shape index (κ2) is 5.67. The van der Waals surface area contributed by atoms with E-state index in [1.54, 1.807) is 14.2 Å². The Kier molecular flexibility index (Phi) is 3.73. The summed E-state index contributed by atoms with van der Waals surface area (Å²) in [5.74, 6) is 1.58. The molecule has 2 heterocycles. The van der Waals surface area contributed by atoms with E-state index in [-0.39, 0.29) is 11.1 Å². The summed E-state index contributed by atoms with van der Waals surface area (Å²) in [6.45, 7) is 2.78. The minimum absolute atomic E-state index is 0.0488. The lowest BCUT2D eigenvalue weighted by Gasteiger charge is -2.42. The zero-order valence-electron chi connectivity index (χ0n) is 14.7. The van der Waals surface area contributed by atoms with Gasteiger partial charge >= 0.3 is 0 Å². The number of likely N-dealkylation sites (N-methyl/N-ethyl adjacent to an activating group) is 1. The molecule has 3 aliphatic rings. The minimum Gasteiger partial charge on any atom is -0.493 e. The molecule has 1 aliphatic carbocycles. The van der Waals surface area contributed by atoms with Crippen molar-refractivity contribution in [3.8, 4) is 11.5 Å². The summed E-state index contributed by atoms with van der Waals surface area (Å²) in [7, 11) is 5.56. The number of ether oxygens (including phenoxy) is 3. The summed E-state index contributed by atoms with van der Waals surface area (Å²) in [5.41, 5.74) is 2.46. The van der Waals surface area contributed by atoms with Gasteiger partial charge in [0.25, 0.3) is 0 Å². The number of likely N-dealkylation sites (tertiary alicyclic amines) is 1. The van der Waals surface area contributed by atoms with Crippen molar-refractivity contribution < 1.29 is 14.2 Å². The van der Waals surface area contributed by atoms with Gasteiger partial charge in [-0.2, -0.15) is 0 Å². The number of fused-ring (bicyclic) bond motifs is 1. The highest BCUT2D eigenvalue weighted by Crippen LogP contribution is 2.52. The van der Waals surface area contributed by atoms with Gasteiger partial charge in [-0.05, 0) is 43.0 Å². The molecule has 2 fully saturated rings. The van der Waals surface area contributed by atoms with Crippen LogP contribution in [-0.2, 0) is 10.2 Å². The van der Waals surface area contributed by atoms with Crippen LogP contribution in [0.4, 0.5) is 0 Å². The van der Waals surface area contributed by atoms with Crippen molar-refractivity contribution in [1.82, 2.24) is 10.2 Å². The average Bonchev–Trinajstić information content (AvgIpc) is 3.21. The van der Waals surface area contributed by atoms with E-state index in [9.17, 15) is 0 Å². The van der Waals surface area contributed by atoms with Gasteiger partial charge in [-0.1, -0.05) is 6.07 Å². The van der Waals surface area contributed by atoms with Gasteiger partial charge < -0.3 is 19.1 Å². The van der Waals surface area contributed by atoms with E-state index in [0.717, 1.165) is 50.5 Å². The first-order valence-corrected chi connectivity index (χ1v) is 8.68. The molecule has 130 valence electrons. The molecule has 2 aliphatic heterocycles. The van der Waals surface area contributed by atoms with Crippen LogP contribution < -0.4 is 14.8 Å². The van der Waals surface area contributed by atoms with Crippen LogP contribution in [-0.4, -0.2) is 51.6 Å². The molecule has 2 atom stereocenters. The van der Waals surface area contributed by atoms with E-state index in [4.69, 9.17) is 14.2 Å². The zero-order chi connectivity index (χ0) is 16.8. The van der Waals surface area contributed by atoms with Crippen LogP contribution >= 0.6 is 0 Å². The van der Waals surface area contributed by atoms with Crippen LogP contribution in [0.1, 0.15) is 24.8 Å². The van der Waals surface area contributed by atoms with Gasteiger partial charge in [-0.3, -0.25) is 5.32 Å². The highest BCUT2D eigenvalue weighted by Gasteiger charge is 2.50. The van der Waals surface area contributed by atoms with E-state index in [0.29, 0.717) is 0 Å². The first kappa shape index (κ1) is 15.8. The molecular weight excluding hydrogens is 304 g/mol. The Hall–Kier alpha value is -1.72. The van der Waals surface area contributed by atoms with E-state index in [2.05, 4.69) is 35.5 Å². The Labute approximate surface area is 143 Å². The van der Waals surface area contributed by atoms with Crippen LogP contribution in [0.5, 0.6) is 11.5 Å². The molecule has 1 aromatic carbocycles. The number of methoxy groups -OCH3 is 2. The maximum absolute atomic E-state index is 6.04. The maximum atomic E-state index is 6.04. The summed E-state index contributed by atoms with van der Waals surface area (Å²) in [6, 6.07) is 6.36. The summed E-state index contributed by atoms with van der Waals surface area (Å²) in [6.07, 6.45) is 5.53. The quantitative estimate of drug-likeness (QED) is 0.921. The van der Waals surface area contributed by atoms with Crippen molar-refractivity contribution in [1.29, 1.82) is 0 Å². The number of hydrogen-bond donors (Lipinski definition) is 1. The monoisotopic (exact) mass is 330 g/mol. The highest BCUT2D eigenvalue weighted by molar-refractivity contribution is 5.50. The smallest absolute Gasteiger partial charge is 0.161 e. The molecule has 1 spiro atoms. The Bertz CT molecular complexity index is 667. The molecule has 0 amide bonds. The van der Waals surface area contributed by atoms with Gasteiger partial charge in [0.1, 0.15) is 5.72 Å². The SMILES string of the molecule is COc1ccc([C@]23CCN(C)C2=CC2(CC3)NCCO2)cc1OC. The molecule has 1 N–H and O–H groups in total. The van der Waals surface area contributed by atoms with Crippen molar-refractivity contribution in [2.45, 2.75) is 30.4 Å². The van der Waals surface area contributed by atoms with E-state index in [1.807, 2.05) is 6.07 Å². The van der Waals surface area contributed by atoms with E-state index in [1.165, 1.54) is 11.3 Å².